The lowest BCUT2D eigenvalue weighted by molar-refractivity contribution is 0.569. The summed E-state index contributed by atoms with van der Waals surface area (Å²) in [5.41, 5.74) is 1.04. The van der Waals surface area contributed by atoms with Gasteiger partial charge >= 0.3 is 0 Å². The van der Waals surface area contributed by atoms with E-state index in [0.29, 0.717) is 29.1 Å². The van der Waals surface area contributed by atoms with Crippen molar-refractivity contribution >= 4 is 9.84 Å². The van der Waals surface area contributed by atoms with Crippen molar-refractivity contribution in [2.45, 2.75) is 31.1 Å². The molecule has 0 radical (unpaired) electrons. The molecule has 0 amide bonds. The quantitative estimate of drug-likeness (QED) is 0.822. The Bertz CT molecular complexity index is 606. The molecule has 4 heteroatoms. The van der Waals surface area contributed by atoms with Crippen molar-refractivity contribution in [3.8, 4) is 6.07 Å². The molecule has 1 unspecified atom stereocenters. The van der Waals surface area contributed by atoms with Crippen molar-refractivity contribution in [3.63, 3.8) is 0 Å². The van der Waals surface area contributed by atoms with Gasteiger partial charge in [0.2, 0.25) is 9.84 Å². The first-order valence-corrected chi connectivity index (χ1v) is 7.43. The van der Waals surface area contributed by atoms with E-state index in [9.17, 15) is 8.42 Å². The van der Waals surface area contributed by atoms with E-state index >= 15 is 0 Å². The fraction of sp³-hybridized carbons (Fsp3) is 0.357. The van der Waals surface area contributed by atoms with E-state index in [2.05, 4.69) is 6.07 Å². The maximum absolute atomic E-state index is 12.3. The molecule has 0 N–H and O–H groups in total. The first-order chi connectivity index (χ1) is 8.54. The number of nitriles is 1. The topological polar surface area (TPSA) is 57.9 Å². The van der Waals surface area contributed by atoms with Crippen LogP contribution < -0.4 is 0 Å². The third kappa shape index (κ3) is 2.46. The number of benzene rings is 1. The second-order valence-electron chi connectivity index (χ2n) is 4.59. The third-order valence-electron chi connectivity index (χ3n) is 3.23. The lowest BCUT2D eigenvalue weighted by Crippen LogP contribution is -2.11. The van der Waals surface area contributed by atoms with Gasteiger partial charge in [0.15, 0.2) is 0 Å². The van der Waals surface area contributed by atoms with Gasteiger partial charge in [-0.15, -0.1) is 0 Å². The van der Waals surface area contributed by atoms with Crippen molar-refractivity contribution in [3.05, 3.63) is 40.8 Å². The third-order valence-corrected chi connectivity index (χ3v) is 5.18. The molecule has 1 atom stereocenters. The summed E-state index contributed by atoms with van der Waals surface area (Å²) in [5, 5.41) is 8.80. The van der Waals surface area contributed by atoms with Gasteiger partial charge in [-0.1, -0.05) is 23.8 Å². The Hall–Kier alpha value is -1.60. The number of hydrogen-bond acceptors (Lipinski definition) is 3. The van der Waals surface area contributed by atoms with E-state index in [-0.39, 0.29) is 5.92 Å². The van der Waals surface area contributed by atoms with Crippen molar-refractivity contribution in [1.29, 1.82) is 5.26 Å². The van der Waals surface area contributed by atoms with Gasteiger partial charge in [0.25, 0.3) is 0 Å². The molecule has 18 heavy (non-hydrogen) atoms. The first kappa shape index (κ1) is 12.8. The zero-order valence-corrected chi connectivity index (χ0v) is 11.1. The fourth-order valence-corrected chi connectivity index (χ4v) is 3.54. The van der Waals surface area contributed by atoms with Gasteiger partial charge in [-0.05, 0) is 38.3 Å². The van der Waals surface area contributed by atoms with Crippen LogP contribution in [0.2, 0.25) is 0 Å². The number of hydrogen-bond donors (Lipinski definition) is 0. The highest BCUT2D eigenvalue weighted by Gasteiger charge is 2.24. The predicted octanol–water partition coefficient (Wildman–Crippen LogP) is 2.98. The van der Waals surface area contributed by atoms with Crippen LogP contribution in [0.5, 0.6) is 0 Å². The minimum atomic E-state index is -3.36. The van der Waals surface area contributed by atoms with Gasteiger partial charge in [0, 0.05) is 4.91 Å². The zero-order valence-electron chi connectivity index (χ0n) is 10.3. The molecule has 0 heterocycles. The van der Waals surface area contributed by atoms with Gasteiger partial charge in [0.05, 0.1) is 16.9 Å². The van der Waals surface area contributed by atoms with E-state index in [1.807, 2.05) is 6.92 Å². The Morgan fingerprint density at radius 3 is 2.44 bits per heavy atom. The second-order valence-corrected chi connectivity index (χ2v) is 6.59. The van der Waals surface area contributed by atoms with E-state index in [0.717, 1.165) is 5.56 Å². The molecular weight excluding hydrogens is 246 g/mol. The molecule has 1 aromatic rings. The minimum Gasteiger partial charge on any atom is -0.219 e. The molecule has 0 bridgehead atoms. The van der Waals surface area contributed by atoms with Crippen LogP contribution >= 0.6 is 0 Å². The van der Waals surface area contributed by atoms with Crippen molar-refractivity contribution in [2.24, 2.45) is 5.92 Å². The van der Waals surface area contributed by atoms with Crippen LogP contribution in [0.25, 0.3) is 0 Å². The number of nitrogens with zero attached hydrogens (tertiary/aromatic N) is 1. The fourth-order valence-electron chi connectivity index (χ4n) is 2.04. The molecule has 0 spiro atoms. The highest BCUT2D eigenvalue weighted by atomic mass is 32.2. The molecule has 1 aliphatic rings. The van der Waals surface area contributed by atoms with Gasteiger partial charge in [-0.3, -0.25) is 0 Å². The second kappa shape index (κ2) is 4.95. The summed E-state index contributed by atoms with van der Waals surface area (Å²) in [6.07, 6.45) is 3.34. The summed E-state index contributed by atoms with van der Waals surface area (Å²) in [5.74, 6) is -0.0398. The SMILES string of the molecule is Cc1ccc(S(=O)(=O)C2=CCC(C#N)CC2)cc1. The van der Waals surface area contributed by atoms with Crippen LogP contribution in [0.3, 0.4) is 0 Å². The van der Waals surface area contributed by atoms with Gasteiger partial charge in [0.1, 0.15) is 0 Å². The summed E-state index contributed by atoms with van der Waals surface area (Å²) in [4.78, 5) is 0.799. The Labute approximate surface area is 108 Å². The molecule has 1 aromatic carbocycles. The molecule has 0 saturated heterocycles. The summed E-state index contributed by atoms with van der Waals surface area (Å²) in [7, 11) is -3.36. The summed E-state index contributed by atoms with van der Waals surface area (Å²) in [6.45, 7) is 1.92. The molecule has 2 rings (SSSR count). The van der Waals surface area contributed by atoms with E-state index in [4.69, 9.17) is 5.26 Å². The van der Waals surface area contributed by atoms with Crippen LogP contribution in [-0.2, 0) is 9.84 Å². The maximum atomic E-state index is 12.3. The Kier molecular flexibility index (Phi) is 3.53. The number of aryl methyl sites for hydroxylation is 1. The normalized spacial score (nSPS) is 20.0. The number of sulfone groups is 1. The van der Waals surface area contributed by atoms with Crippen LogP contribution in [0.15, 0.2) is 40.1 Å². The summed E-state index contributed by atoms with van der Waals surface area (Å²) >= 11 is 0. The molecule has 0 fully saturated rings. The van der Waals surface area contributed by atoms with Crippen molar-refractivity contribution in [1.82, 2.24) is 0 Å². The van der Waals surface area contributed by atoms with Gasteiger partial charge in [-0.25, -0.2) is 8.42 Å². The Balaban J connectivity index is 2.31. The monoisotopic (exact) mass is 261 g/mol. The molecular formula is C14H15NO2S. The Morgan fingerprint density at radius 2 is 1.94 bits per heavy atom. The van der Waals surface area contributed by atoms with E-state index in [1.165, 1.54) is 0 Å². The van der Waals surface area contributed by atoms with Crippen LogP contribution in [0.4, 0.5) is 0 Å². The smallest absolute Gasteiger partial charge is 0.202 e. The van der Waals surface area contributed by atoms with E-state index in [1.54, 1.807) is 30.3 Å². The van der Waals surface area contributed by atoms with Gasteiger partial charge in [-0.2, -0.15) is 5.26 Å². The first-order valence-electron chi connectivity index (χ1n) is 5.94. The molecule has 0 saturated carbocycles. The average Bonchev–Trinajstić information content (AvgIpc) is 2.39. The molecule has 94 valence electrons. The maximum Gasteiger partial charge on any atom is 0.202 e. The van der Waals surface area contributed by atoms with Crippen molar-refractivity contribution in [2.75, 3.05) is 0 Å². The molecule has 0 aromatic heterocycles. The van der Waals surface area contributed by atoms with Crippen LogP contribution in [0.1, 0.15) is 24.8 Å². The largest absolute Gasteiger partial charge is 0.219 e. The van der Waals surface area contributed by atoms with Crippen LogP contribution in [0, 0.1) is 24.2 Å². The van der Waals surface area contributed by atoms with Crippen LogP contribution in [-0.4, -0.2) is 8.42 Å². The summed E-state index contributed by atoms with van der Waals surface area (Å²) in [6, 6.07) is 9.07. The highest BCUT2D eigenvalue weighted by Crippen LogP contribution is 2.30. The molecule has 3 nitrogen and oxygen atoms in total. The predicted molar refractivity (Wildman–Crippen MR) is 69.4 cm³/mol. The number of allylic oxidation sites excluding steroid dienone is 2. The molecule has 0 aliphatic heterocycles. The van der Waals surface area contributed by atoms with Gasteiger partial charge < -0.3 is 0 Å². The minimum absolute atomic E-state index is 0.0398. The molecule has 1 aliphatic carbocycles. The Morgan fingerprint density at radius 1 is 1.28 bits per heavy atom. The summed E-state index contributed by atoms with van der Waals surface area (Å²) < 4.78 is 24.7. The van der Waals surface area contributed by atoms with E-state index < -0.39 is 9.84 Å². The zero-order chi connectivity index (χ0) is 13.2. The lowest BCUT2D eigenvalue weighted by atomic mass is 9.96. The highest BCUT2D eigenvalue weighted by molar-refractivity contribution is 7.95. The number of rotatable bonds is 2. The average molecular weight is 261 g/mol. The lowest BCUT2D eigenvalue weighted by Gasteiger charge is -2.16. The van der Waals surface area contributed by atoms with Crippen molar-refractivity contribution < 1.29 is 8.42 Å². The standard InChI is InChI=1S/C14H15NO2S/c1-11-2-6-13(7-3-11)18(16,17)14-8-4-12(10-15)5-9-14/h2-3,6-8,12H,4-5,9H2,1H3.